The molecule has 10 heteroatoms. The largest absolute Gasteiger partial charge is 0.493 e. The number of methoxy groups -OCH3 is 4. The van der Waals surface area contributed by atoms with Crippen LogP contribution in [0.1, 0.15) is 28.3 Å². The molecule has 194 valence electrons. The van der Waals surface area contributed by atoms with E-state index in [1.807, 2.05) is 12.1 Å². The zero-order valence-corrected chi connectivity index (χ0v) is 21.0. The Bertz CT molecular complexity index is 1080. The van der Waals surface area contributed by atoms with Gasteiger partial charge in [-0.15, -0.1) is 0 Å². The number of likely N-dealkylation sites (tertiary alicyclic amines) is 1. The van der Waals surface area contributed by atoms with Gasteiger partial charge in [-0.25, -0.2) is 0 Å². The van der Waals surface area contributed by atoms with Crippen LogP contribution >= 0.6 is 0 Å². The first-order chi connectivity index (χ1) is 17.5. The van der Waals surface area contributed by atoms with Gasteiger partial charge in [0.05, 0.1) is 27.2 Å². The van der Waals surface area contributed by atoms with Gasteiger partial charge in [-0.2, -0.15) is 0 Å². The summed E-state index contributed by atoms with van der Waals surface area (Å²) in [6, 6.07) is 8.79. The predicted octanol–water partition coefficient (Wildman–Crippen LogP) is 2.45. The average Bonchev–Trinajstić information content (AvgIpc) is 3.57. The first-order valence-electron chi connectivity index (χ1n) is 11.8. The number of fused-ring (bicyclic) bond motifs is 1. The average molecular weight is 501 g/mol. The van der Waals surface area contributed by atoms with Crippen molar-refractivity contribution in [3.8, 4) is 28.7 Å². The van der Waals surface area contributed by atoms with Gasteiger partial charge in [-0.1, -0.05) is 0 Å². The molecule has 0 spiro atoms. The highest BCUT2D eigenvalue weighted by Gasteiger charge is 2.41. The quantitative estimate of drug-likeness (QED) is 0.496. The minimum absolute atomic E-state index is 0.120. The summed E-state index contributed by atoms with van der Waals surface area (Å²) in [6.45, 7) is 1.79. The Morgan fingerprint density at radius 2 is 1.69 bits per heavy atom. The fourth-order valence-corrected chi connectivity index (χ4v) is 4.66. The van der Waals surface area contributed by atoms with Gasteiger partial charge in [-0.05, 0) is 42.3 Å². The molecule has 2 heterocycles. The molecule has 2 aromatic rings. The summed E-state index contributed by atoms with van der Waals surface area (Å²) in [5.74, 6) is 1.55. The van der Waals surface area contributed by atoms with Crippen LogP contribution in [0, 0.1) is 5.92 Å². The van der Waals surface area contributed by atoms with Crippen molar-refractivity contribution in [2.45, 2.75) is 12.3 Å². The van der Waals surface area contributed by atoms with Crippen molar-refractivity contribution < 1.29 is 38.0 Å². The van der Waals surface area contributed by atoms with E-state index in [2.05, 4.69) is 5.32 Å². The highest BCUT2D eigenvalue weighted by atomic mass is 16.7. The number of hydrogen-bond donors (Lipinski definition) is 1. The molecule has 0 bridgehead atoms. The molecule has 2 aliphatic rings. The maximum Gasteiger partial charge on any atom is 0.254 e. The smallest absolute Gasteiger partial charge is 0.254 e. The predicted molar refractivity (Wildman–Crippen MR) is 130 cm³/mol. The highest BCUT2D eigenvalue weighted by Crippen LogP contribution is 2.43. The Labute approximate surface area is 210 Å². The third-order valence-corrected chi connectivity index (χ3v) is 6.50. The lowest BCUT2D eigenvalue weighted by atomic mass is 9.88. The van der Waals surface area contributed by atoms with Gasteiger partial charge in [-0.3, -0.25) is 9.59 Å². The second-order valence-electron chi connectivity index (χ2n) is 8.59. The Kier molecular flexibility index (Phi) is 8.04. The van der Waals surface area contributed by atoms with Crippen LogP contribution in [-0.4, -0.2) is 78.2 Å². The summed E-state index contributed by atoms with van der Waals surface area (Å²) in [5, 5.41) is 2.99. The SMILES string of the molecule is COCCCNC(=O)[C@@H]1CN(C(=O)c2ccc3c(c2)OCO3)C[C@@H]1c1cc(OC)c(OC)c(OC)c1. The van der Waals surface area contributed by atoms with Gasteiger partial charge in [0.15, 0.2) is 23.0 Å². The van der Waals surface area contributed by atoms with Crippen LogP contribution in [-0.2, 0) is 9.53 Å². The van der Waals surface area contributed by atoms with Crippen molar-refractivity contribution in [2.24, 2.45) is 5.92 Å². The monoisotopic (exact) mass is 500 g/mol. The van der Waals surface area contributed by atoms with Crippen LogP contribution in [0.3, 0.4) is 0 Å². The fourth-order valence-electron chi connectivity index (χ4n) is 4.66. The zero-order valence-electron chi connectivity index (χ0n) is 21.0. The van der Waals surface area contributed by atoms with Crippen molar-refractivity contribution in [3.05, 3.63) is 41.5 Å². The van der Waals surface area contributed by atoms with Crippen LogP contribution in [0.15, 0.2) is 30.3 Å². The third kappa shape index (κ3) is 5.13. The van der Waals surface area contributed by atoms with Gasteiger partial charge in [0.2, 0.25) is 18.4 Å². The topological polar surface area (TPSA) is 105 Å². The Morgan fingerprint density at radius 1 is 0.972 bits per heavy atom. The van der Waals surface area contributed by atoms with Crippen molar-refractivity contribution in [3.63, 3.8) is 0 Å². The molecule has 10 nitrogen and oxygen atoms in total. The van der Waals surface area contributed by atoms with Gasteiger partial charge < -0.3 is 38.6 Å². The first-order valence-corrected chi connectivity index (χ1v) is 11.8. The van der Waals surface area contributed by atoms with E-state index in [1.54, 1.807) is 44.4 Å². The molecule has 2 aliphatic heterocycles. The highest BCUT2D eigenvalue weighted by molar-refractivity contribution is 5.96. The van der Waals surface area contributed by atoms with Crippen LogP contribution in [0.4, 0.5) is 0 Å². The lowest BCUT2D eigenvalue weighted by Gasteiger charge is -2.21. The molecular formula is C26H32N2O8. The van der Waals surface area contributed by atoms with Crippen LogP contribution in [0.25, 0.3) is 0 Å². The van der Waals surface area contributed by atoms with E-state index < -0.39 is 5.92 Å². The third-order valence-electron chi connectivity index (χ3n) is 6.50. The summed E-state index contributed by atoms with van der Waals surface area (Å²) in [4.78, 5) is 28.4. The number of carbonyl (C=O) groups excluding carboxylic acids is 2. The van der Waals surface area contributed by atoms with Gasteiger partial charge in [0.25, 0.3) is 5.91 Å². The van der Waals surface area contributed by atoms with Crippen molar-refractivity contribution in [1.29, 1.82) is 0 Å². The second kappa shape index (κ2) is 11.4. The number of nitrogens with one attached hydrogen (secondary N) is 1. The molecule has 0 radical (unpaired) electrons. The van der Waals surface area contributed by atoms with Crippen LogP contribution < -0.4 is 29.0 Å². The number of benzene rings is 2. The summed E-state index contributed by atoms with van der Waals surface area (Å²) < 4.78 is 32.4. The number of hydrogen-bond acceptors (Lipinski definition) is 8. The van der Waals surface area contributed by atoms with Crippen molar-refractivity contribution >= 4 is 11.8 Å². The molecule has 2 aromatic carbocycles. The summed E-state index contributed by atoms with van der Waals surface area (Å²) in [7, 11) is 6.26. The van der Waals surface area contributed by atoms with E-state index >= 15 is 0 Å². The van der Waals surface area contributed by atoms with Gasteiger partial charge in [0.1, 0.15) is 0 Å². The lowest BCUT2D eigenvalue weighted by molar-refractivity contribution is -0.125. The van der Waals surface area contributed by atoms with Gasteiger partial charge >= 0.3 is 0 Å². The molecule has 0 unspecified atom stereocenters. The van der Waals surface area contributed by atoms with Crippen molar-refractivity contribution in [2.75, 3.05) is 61.5 Å². The molecule has 1 N–H and O–H groups in total. The van der Waals surface area contributed by atoms with Crippen molar-refractivity contribution in [1.82, 2.24) is 10.2 Å². The van der Waals surface area contributed by atoms with Crippen LogP contribution in [0.5, 0.6) is 28.7 Å². The van der Waals surface area contributed by atoms with E-state index in [4.69, 9.17) is 28.4 Å². The molecule has 1 fully saturated rings. The summed E-state index contributed by atoms with van der Waals surface area (Å²) in [5.41, 5.74) is 1.30. The molecule has 0 saturated carbocycles. The number of nitrogens with zero attached hydrogens (tertiary/aromatic N) is 1. The van der Waals surface area contributed by atoms with E-state index in [0.717, 1.165) is 5.56 Å². The minimum atomic E-state index is -0.465. The van der Waals surface area contributed by atoms with E-state index in [-0.39, 0.29) is 31.1 Å². The number of ether oxygens (including phenoxy) is 6. The number of carbonyl (C=O) groups is 2. The molecule has 2 atom stereocenters. The zero-order chi connectivity index (χ0) is 25.7. The Morgan fingerprint density at radius 3 is 2.36 bits per heavy atom. The minimum Gasteiger partial charge on any atom is -0.493 e. The maximum atomic E-state index is 13.4. The van der Waals surface area contributed by atoms with E-state index in [1.165, 1.54) is 7.11 Å². The Balaban J connectivity index is 1.62. The molecule has 0 aliphatic carbocycles. The standard InChI is InChI=1S/C26H32N2O8/c1-31-9-5-8-27-25(29)19-14-28(26(30)16-6-7-20-21(10-16)36-15-35-20)13-18(19)17-11-22(32-2)24(34-4)23(12-17)33-3/h6-7,10-12,18-19H,5,8-9,13-15H2,1-4H3,(H,27,29)/t18-,19-/m1/s1. The molecule has 36 heavy (non-hydrogen) atoms. The number of amides is 2. The van der Waals surface area contributed by atoms with Gasteiger partial charge in [0, 0.05) is 44.8 Å². The second-order valence-corrected chi connectivity index (χ2v) is 8.59. The number of rotatable bonds is 10. The molecule has 1 saturated heterocycles. The fraction of sp³-hybridized carbons (Fsp3) is 0.462. The van der Waals surface area contributed by atoms with Crippen LogP contribution in [0.2, 0.25) is 0 Å². The first kappa shape index (κ1) is 25.4. The maximum absolute atomic E-state index is 13.4. The Hall–Kier alpha value is -3.66. The molecule has 0 aromatic heterocycles. The lowest BCUT2D eigenvalue weighted by Crippen LogP contribution is -2.36. The normalized spacial score (nSPS) is 18.2. The molecule has 4 rings (SSSR count). The molecular weight excluding hydrogens is 468 g/mol. The van der Waals surface area contributed by atoms with E-state index in [9.17, 15) is 9.59 Å². The summed E-state index contributed by atoms with van der Waals surface area (Å²) in [6.07, 6.45) is 0.698. The summed E-state index contributed by atoms with van der Waals surface area (Å²) >= 11 is 0. The van der Waals surface area contributed by atoms with E-state index in [0.29, 0.717) is 60.4 Å². The molecule has 2 amide bonds.